The van der Waals surface area contributed by atoms with Crippen LogP contribution in [0.15, 0.2) is 0 Å². The number of carboxylic acids is 1. The third-order valence-electron chi connectivity index (χ3n) is 5.18. The summed E-state index contributed by atoms with van der Waals surface area (Å²) in [6.07, 6.45) is 4.97. The van der Waals surface area contributed by atoms with E-state index in [0.717, 1.165) is 32.1 Å². The molecule has 4 atom stereocenters. The first-order valence-corrected chi connectivity index (χ1v) is 7.84. The number of nitrogens with one attached hydrogen (secondary N) is 1. The molecule has 3 aliphatic heterocycles. The van der Waals surface area contributed by atoms with Gasteiger partial charge in [0.25, 0.3) is 0 Å². The molecular formula is C15H24N2O4. The fraction of sp³-hybridized carbons (Fsp3) is 0.867. The van der Waals surface area contributed by atoms with Gasteiger partial charge in [0.1, 0.15) is 6.04 Å². The first-order chi connectivity index (χ1) is 9.88. The summed E-state index contributed by atoms with van der Waals surface area (Å²) in [5, 5.41) is 12.5. The zero-order valence-corrected chi connectivity index (χ0v) is 12.7. The molecule has 0 aromatic heterocycles. The quantitative estimate of drug-likeness (QED) is 0.811. The molecule has 3 fully saturated rings. The highest BCUT2D eigenvalue weighted by Gasteiger charge is 2.47. The van der Waals surface area contributed by atoms with Crippen LogP contribution in [-0.2, 0) is 9.53 Å². The predicted octanol–water partition coefficient (Wildman–Crippen LogP) is 1.59. The minimum Gasteiger partial charge on any atom is -0.480 e. The van der Waals surface area contributed by atoms with Crippen molar-refractivity contribution in [2.45, 2.75) is 70.2 Å². The van der Waals surface area contributed by atoms with E-state index in [4.69, 9.17) is 4.74 Å². The van der Waals surface area contributed by atoms with E-state index in [1.54, 1.807) is 0 Å². The Kier molecular flexibility index (Phi) is 3.59. The van der Waals surface area contributed by atoms with Crippen molar-refractivity contribution in [1.29, 1.82) is 0 Å². The van der Waals surface area contributed by atoms with E-state index in [1.807, 2.05) is 13.8 Å². The lowest BCUT2D eigenvalue weighted by Gasteiger charge is -2.44. The van der Waals surface area contributed by atoms with Crippen LogP contribution in [0.4, 0.5) is 4.79 Å². The van der Waals surface area contributed by atoms with Gasteiger partial charge in [0, 0.05) is 6.54 Å². The van der Waals surface area contributed by atoms with Gasteiger partial charge >= 0.3 is 12.0 Å². The number of aliphatic carboxylic acids is 1. The second-order valence-electron chi connectivity index (χ2n) is 7.19. The number of carbonyl (C=O) groups excluding carboxylic acids is 1. The van der Waals surface area contributed by atoms with Crippen molar-refractivity contribution in [3.8, 4) is 0 Å². The van der Waals surface area contributed by atoms with E-state index >= 15 is 0 Å². The van der Waals surface area contributed by atoms with Crippen molar-refractivity contribution in [2.24, 2.45) is 5.41 Å². The summed E-state index contributed by atoms with van der Waals surface area (Å²) < 4.78 is 5.74. The molecule has 118 valence electrons. The van der Waals surface area contributed by atoms with Crippen LogP contribution in [0.5, 0.6) is 0 Å². The minimum absolute atomic E-state index is 0.0377. The van der Waals surface area contributed by atoms with E-state index in [1.165, 1.54) is 4.90 Å². The highest BCUT2D eigenvalue weighted by Crippen LogP contribution is 2.37. The largest absolute Gasteiger partial charge is 0.480 e. The van der Waals surface area contributed by atoms with E-state index in [2.05, 4.69) is 5.32 Å². The van der Waals surface area contributed by atoms with E-state index < -0.39 is 17.4 Å². The smallest absolute Gasteiger partial charge is 0.327 e. The fourth-order valence-corrected chi connectivity index (χ4v) is 4.11. The van der Waals surface area contributed by atoms with Crippen LogP contribution in [0.3, 0.4) is 0 Å². The molecule has 3 aliphatic rings. The lowest BCUT2D eigenvalue weighted by Crippen LogP contribution is -2.60. The maximum atomic E-state index is 12.5. The molecule has 21 heavy (non-hydrogen) atoms. The third-order valence-corrected chi connectivity index (χ3v) is 5.18. The number of piperidine rings is 1. The van der Waals surface area contributed by atoms with Gasteiger partial charge in [-0.3, -0.25) is 0 Å². The highest BCUT2D eigenvalue weighted by molar-refractivity contribution is 5.83. The van der Waals surface area contributed by atoms with Crippen molar-refractivity contribution >= 4 is 12.0 Å². The standard InChI is InChI=1S/C15H24N2O4/c1-15(2)6-3-7-17(12(15)13(18)19)14(20)16-10-8-9-4-5-11(10)21-9/h9-12H,3-8H2,1-2H3,(H,16,20)(H,18,19). The molecule has 6 nitrogen and oxygen atoms in total. The number of rotatable bonds is 2. The van der Waals surface area contributed by atoms with Gasteiger partial charge in [-0.05, 0) is 37.5 Å². The average molecular weight is 296 g/mol. The number of urea groups is 1. The van der Waals surface area contributed by atoms with Gasteiger partial charge in [-0.25, -0.2) is 9.59 Å². The summed E-state index contributed by atoms with van der Waals surface area (Å²) in [5.74, 6) is -0.918. The van der Waals surface area contributed by atoms with E-state index in [-0.39, 0.29) is 24.3 Å². The Morgan fingerprint density at radius 2 is 2.10 bits per heavy atom. The van der Waals surface area contributed by atoms with Gasteiger partial charge in [0.2, 0.25) is 0 Å². The number of hydrogen-bond donors (Lipinski definition) is 2. The molecular weight excluding hydrogens is 272 g/mol. The van der Waals surface area contributed by atoms with E-state index in [0.29, 0.717) is 6.54 Å². The van der Waals surface area contributed by atoms with Gasteiger partial charge in [-0.1, -0.05) is 13.8 Å². The van der Waals surface area contributed by atoms with Crippen LogP contribution in [-0.4, -0.2) is 52.8 Å². The normalized spacial score (nSPS) is 37.5. The van der Waals surface area contributed by atoms with Gasteiger partial charge in [-0.15, -0.1) is 0 Å². The first kappa shape index (κ1) is 14.6. The van der Waals surface area contributed by atoms with Gasteiger partial charge in [0.15, 0.2) is 0 Å². The Hall–Kier alpha value is -1.30. The van der Waals surface area contributed by atoms with Crippen LogP contribution in [0.25, 0.3) is 0 Å². The summed E-state index contributed by atoms with van der Waals surface area (Å²) in [5.41, 5.74) is -0.396. The molecule has 3 rings (SSSR count). The van der Waals surface area contributed by atoms with E-state index in [9.17, 15) is 14.7 Å². The molecule has 4 unspecified atom stereocenters. The molecule has 0 aromatic rings. The monoisotopic (exact) mass is 296 g/mol. The molecule has 0 spiro atoms. The van der Waals surface area contributed by atoms with Gasteiger partial charge in [0.05, 0.1) is 18.2 Å². The number of carboxylic acid groups (broad SMARTS) is 1. The fourth-order valence-electron chi connectivity index (χ4n) is 4.11. The van der Waals surface area contributed by atoms with Gasteiger partial charge < -0.3 is 20.1 Å². The molecule has 2 bridgehead atoms. The molecule has 0 aliphatic carbocycles. The zero-order valence-electron chi connectivity index (χ0n) is 12.7. The summed E-state index contributed by atoms with van der Waals surface area (Å²) >= 11 is 0. The summed E-state index contributed by atoms with van der Waals surface area (Å²) in [6.45, 7) is 4.35. The number of nitrogens with zero attached hydrogens (tertiary/aromatic N) is 1. The number of likely N-dealkylation sites (tertiary alicyclic amines) is 1. The number of amides is 2. The maximum Gasteiger partial charge on any atom is 0.327 e. The molecule has 6 heteroatoms. The molecule has 3 heterocycles. The minimum atomic E-state index is -0.918. The molecule has 0 aromatic carbocycles. The Balaban J connectivity index is 1.69. The van der Waals surface area contributed by atoms with Crippen LogP contribution in [0.2, 0.25) is 0 Å². The van der Waals surface area contributed by atoms with Crippen molar-refractivity contribution in [1.82, 2.24) is 10.2 Å². The maximum absolute atomic E-state index is 12.5. The number of ether oxygens (including phenoxy) is 1. The second kappa shape index (κ2) is 5.16. The second-order valence-corrected chi connectivity index (χ2v) is 7.19. The first-order valence-electron chi connectivity index (χ1n) is 7.84. The summed E-state index contributed by atoms with van der Waals surface area (Å²) in [7, 11) is 0. The number of carbonyl (C=O) groups is 2. The number of fused-ring (bicyclic) bond motifs is 2. The molecule has 0 saturated carbocycles. The van der Waals surface area contributed by atoms with Crippen LogP contribution < -0.4 is 5.32 Å². The Morgan fingerprint density at radius 3 is 2.67 bits per heavy atom. The van der Waals surface area contributed by atoms with Gasteiger partial charge in [-0.2, -0.15) is 0 Å². The topological polar surface area (TPSA) is 78.9 Å². The Bertz CT molecular complexity index is 451. The van der Waals surface area contributed by atoms with Crippen molar-refractivity contribution in [3.63, 3.8) is 0 Å². The zero-order chi connectivity index (χ0) is 15.2. The lowest BCUT2D eigenvalue weighted by molar-refractivity contribution is -0.148. The lowest BCUT2D eigenvalue weighted by atomic mass is 9.76. The van der Waals surface area contributed by atoms with Crippen molar-refractivity contribution in [2.75, 3.05) is 6.54 Å². The molecule has 3 saturated heterocycles. The van der Waals surface area contributed by atoms with Crippen molar-refractivity contribution < 1.29 is 19.4 Å². The third kappa shape index (κ3) is 2.61. The summed E-state index contributed by atoms with van der Waals surface area (Å²) in [4.78, 5) is 25.6. The Labute approximate surface area is 124 Å². The highest BCUT2D eigenvalue weighted by atomic mass is 16.5. The molecule has 0 radical (unpaired) electrons. The van der Waals surface area contributed by atoms with Crippen LogP contribution >= 0.6 is 0 Å². The van der Waals surface area contributed by atoms with Crippen molar-refractivity contribution in [3.05, 3.63) is 0 Å². The average Bonchev–Trinajstić information content (AvgIpc) is 2.98. The number of hydrogen-bond acceptors (Lipinski definition) is 3. The van der Waals surface area contributed by atoms with Crippen LogP contribution in [0, 0.1) is 5.41 Å². The van der Waals surface area contributed by atoms with Crippen LogP contribution in [0.1, 0.15) is 46.0 Å². The molecule has 2 N–H and O–H groups in total. The molecule has 2 amide bonds. The summed E-state index contributed by atoms with van der Waals surface area (Å²) in [6, 6.07) is -0.974. The Morgan fingerprint density at radius 1 is 1.33 bits per heavy atom. The predicted molar refractivity (Wildman–Crippen MR) is 76.0 cm³/mol. The SMILES string of the molecule is CC1(C)CCCN(C(=O)NC2CC3CCC2O3)C1C(=O)O.